The molecule has 2 amide bonds. The van der Waals surface area contributed by atoms with Crippen molar-refractivity contribution in [1.82, 2.24) is 9.62 Å². The highest BCUT2D eigenvalue weighted by molar-refractivity contribution is 8.00. The molecule has 0 saturated carbocycles. The van der Waals surface area contributed by atoms with Crippen LogP contribution in [0.15, 0.2) is 17.6 Å². The van der Waals surface area contributed by atoms with E-state index in [4.69, 9.17) is 0 Å². The van der Waals surface area contributed by atoms with Crippen LogP contribution in [0.1, 0.15) is 54.9 Å². The minimum absolute atomic E-state index is 0.0974. The summed E-state index contributed by atoms with van der Waals surface area (Å²) >= 11 is 1.39. The van der Waals surface area contributed by atoms with Crippen molar-refractivity contribution in [2.24, 2.45) is 5.92 Å². The molecule has 0 unspecified atom stereocenters. The number of urea groups is 1. The van der Waals surface area contributed by atoms with E-state index in [0.717, 1.165) is 37.9 Å². The Morgan fingerprint density at radius 1 is 1.15 bits per heavy atom. The van der Waals surface area contributed by atoms with E-state index in [9.17, 15) is 4.79 Å². The first kappa shape index (κ1) is 18.9. The lowest BCUT2D eigenvalue weighted by Crippen LogP contribution is -2.32. The second kappa shape index (κ2) is 8.70. The second-order valence-corrected chi connectivity index (χ2v) is 8.72. The number of amides is 2. The topological polar surface area (TPSA) is 44.4 Å². The zero-order valence-electron chi connectivity index (χ0n) is 16.4. The highest BCUT2D eigenvalue weighted by atomic mass is 32.2. The number of piperidine rings is 1. The van der Waals surface area contributed by atoms with Crippen LogP contribution < -0.4 is 10.0 Å². The number of allylic oxidation sites excluding steroid dienone is 1. The maximum absolute atomic E-state index is 12.5. The number of nitrogens with one attached hydrogen (secondary N) is 2. The number of aryl methyl sites for hydroxylation is 2. The summed E-state index contributed by atoms with van der Waals surface area (Å²) in [5.41, 5.74) is 6.79. The van der Waals surface area contributed by atoms with E-state index in [0.29, 0.717) is 5.92 Å². The fourth-order valence-corrected chi connectivity index (χ4v) is 5.33. The molecule has 0 bridgehead atoms. The van der Waals surface area contributed by atoms with Crippen LogP contribution in [-0.2, 0) is 25.7 Å². The normalized spacial score (nSPS) is 20.0. The Labute approximate surface area is 167 Å². The molecule has 27 heavy (non-hydrogen) atoms. The third kappa shape index (κ3) is 4.35. The average Bonchev–Trinajstić information content (AvgIpc) is 3.34. The quantitative estimate of drug-likeness (QED) is 0.724. The zero-order valence-corrected chi connectivity index (χ0v) is 17.2. The first-order valence-electron chi connectivity index (χ1n) is 10.5. The minimum Gasteiger partial charge on any atom is -0.307 e. The van der Waals surface area contributed by atoms with Crippen LogP contribution in [0.2, 0.25) is 0 Å². The summed E-state index contributed by atoms with van der Waals surface area (Å²) in [5.74, 6) is 0.644. The van der Waals surface area contributed by atoms with Crippen molar-refractivity contribution in [1.29, 1.82) is 0 Å². The fourth-order valence-electron chi connectivity index (χ4n) is 4.81. The van der Waals surface area contributed by atoms with Gasteiger partial charge in [-0.2, -0.15) is 0 Å². The summed E-state index contributed by atoms with van der Waals surface area (Å²) in [7, 11) is 0. The Kier molecular flexibility index (Phi) is 6.08. The van der Waals surface area contributed by atoms with Gasteiger partial charge in [0.1, 0.15) is 0 Å². The number of hydrogen-bond acceptors (Lipinski definition) is 3. The van der Waals surface area contributed by atoms with Gasteiger partial charge >= 0.3 is 6.03 Å². The van der Waals surface area contributed by atoms with E-state index in [1.165, 1.54) is 73.0 Å². The number of nitrogens with zero attached hydrogens (tertiary/aromatic N) is 1. The molecule has 0 radical (unpaired) electrons. The van der Waals surface area contributed by atoms with E-state index in [2.05, 4.69) is 34.0 Å². The van der Waals surface area contributed by atoms with Crippen molar-refractivity contribution in [3.8, 4) is 0 Å². The van der Waals surface area contributed by atoms with E-state index in [1.54, 1.807) is 0 Å². The van der Waals surface area contributed by atoms with Gasteiger partial charge < -0.3 is 10.2 Å². The van der Waals surface area contributed by atoms with E-state index in [1.807, 2.05) is 5.41 Å². The fraction of sp³-hybridized carbons (Fsp3) is 0.591. The first-order chi connectivity index (χ1) is 13.2. The van der Waals surface area contributed by atoms with Crippen molar-refractivity contribution in [3.63, 3.8) is 0 Å². The number of hydrogen-bond donors (Lipinski definition) is 2. The SMILES string of the molecule is CCN1CCC(/C=C/SNC(=O)Nc2c3c(cc4c2CCC4)CCC3)CC1. The van der Waals surface area contributed by atoms with Crippen LogP contribution in [0.25, 0.3) is 0 Å². The van der Waals surface area contributed by atoms with Gasteiger partial charge in [-0.25, -0.2) is 4.79 Å². The van der Waals surface area contributed by atoms with E-state index < -0.39 is 0 Å². The molecule has 1 aromatic rings. The lowest BCUT2D eigenvalue weighted by atomic mass is 9.97. The maximum Gasteiger partial charge on any atom is 0.329 e. The van der Waals surface area contributed by atoms with Crippen LogP contribution in [-0.4, -0.2) is 30.6 Å². The monoisotopic (exact) mass is 385 g/mol. The summed E-state index contributed by atoms with van der Waals surface area (Å²) in [6.45, 7) is 5.76. The Balaban J connectivity index is 1.30. The summed E-state index contributed by atoms with van der Waals surface area (Å²) in [6, 6.07) is 2.30. The number of rotatable bonds is 5. The highest BCUT2D eigenvalue weighted by Gasteiger charge is 2.24. The molecule has 146 valence electrons. The molecule has 0 aromatic heterocycles. The molecule has 3 aliphatic rings. The molecule has 0 atom stereocenters. The summed E-state index contributed by atoms with van der Waals surface area (Å²) in [5, 5.41) is 5.23. The number of benzene rings is 1. The number of fused-ring (bicyclic) bond motifs is 2. The second-order valence-electron chi connectivity index (χ2n) is 8.01. The molecular formula is C22H31N3OS. The standard InChI is InChI=1S/C22H31N3OS/c1-2-25-12-9-16(10-13-25)11-14-27-24-22(26)23-21-19-7-3-5-17(19)15-18-6-4-8-20(18)21/h11,14-16H,2-10,12-13H2,1H3,(H2,23,24,26)/b14-11+. The lowest BCUT2D eigenvalue weighted by molar-refractivity contribution is 0.213. The van der Waals surface area contributed by atoms with Gasteiger partial charge in [0.25, 0.3) is 0 Å². The summed E-state index contributed by atoms with van der Waals surface area (Å²) < 4.78 is 2.94. The first-order valence-corrected chi connectivity index (χ1v) is 11.4. The van der Waals surface area contributed by atoms with Gasteiger partial charge in [-0.05, 0) is 117 Å². The van der Waals surface area contributed by atoms with Crippen LogP contribution in [0.4, 0.5) is 10.5 Å². The molecule has 1 aliphatic heterocycles. The van der Waals surface area contributed by atoms with Crippen molar-refractivity contribution < 1.29 is 4.79 Å². The number of carbonyl (C=O) groups excluding carboxylic acids is 1. The predicted octanol–water partition coefficient (Wildman–Crippen LogP) is 4.68. The van der Waals surface area contributed by atoms with Crippen LogP contribution >= 0.6 is 11.9 Å². The number of carbonyl (C=O) groups is 1. The van der Waals surface area contributed by atoms with Gasteiger partial charge in [0.15, 0.2) is 0 Å². The molecule has 1 aromatic carbocycles. The Hall–Kier alpha value is -1.46. The van der Waals surface area contributed by atoms with Crippen molar-refractivity contribution in [2.45, 2.75) is 58.3 Å². The van der Waals surface area contributed by atoms with Gasteiger partial charge in [0.05, 0.1) is 0 Å². The maximum atomic E-state index is 12.5. The van der Waals surface area contributed by atoms with Gasteiger partial charge in [-0.3, -0.25) is 4.72 Å². The number of anilines is 1. The van der Waals surface area contributed by atoms with Gasteiger partial charge in [-0.1, -0.05) is 19.1 Å². The van der Waals surface area contributed by atoms with E-state index in [-0.39, 0.29) is 6.03 Å². The lowest BCUT2D eigenvalue weighted by Gasteiger charge is -2.29. The van der Waals surface area contributed by atoms with Gasteiger partial charge in [0, 0.05) is 5.69 Å². The van der Waals surface area contributed by atoms with Crippen LogP contribution in [0, 0.1) is 5.92 Å². The van der Waals surface area contributed by atoms with E-state index >= 15 is 0 Å². The van der Waals surface area contributed by atoms with Crippen LogP contribution in [0.5, 0.6) is 0 Å². The van der Waals surface area contributed by atoms with Crippen molar-refractivity contribution in [3.05, 3.63) is 39.8 Å². The highest BCUT2D eigenvalue weighted by Crippen LogP contribution is 2.38. The Morgan fingerprint density at radius 3 is 2.44 bits per heavy atom. The smallest absolute Gasteiger partial charge is 0.307 e. The third-order valence-electron chi connectivity index (χ3n) is 6.36. The molecule has 5 heteroatoms. The molecule has 0 spiro atoms. The largest absolute Gasteiger partial charge is 0.329 e. The molecule has 4 nitrogen and oxygen atoms in total. The molecule has 4 rings (SSSR count). The summed E-state index contributed by atoms with van der Waals surface area (Å²) in [4.78, 5) is 15.0. The average molecular weight is 386 g/mol. The molecule has 2 N–H and O–H groups in total. The molecule has 1 fully saturated rings. The summed E-state index contributed by atoms with van der Waals surface area (Å²) in [6.07, 6.45) is 11.6. The van der Waals surface area contributed by atoms with Crippen molar-refractivity contribution >= 4 is 23.7 Å². The van der Waals surface area contributed by atoms with Gasteiger partial charge in [0.2, 0.25) is 0 Å². The Morgan fingerprint density at radius 2 is 1.81 bits per heavy atom. The predicted molar refractivity (Wildman–Crippen MR) is 114 cm³/mol. The molecule has 1 saturated heterocycles. The third-order valence-corrected chi connectivity index (χ3v) is 6.96. The minimum atomic E-state index is -0.0974. The molecule has 2 aliphatic carbocycles. The molecule has 1 heterocycles. The molecular weight excluding hydrogens is 354 g/mol. The number of likely N-dealkylation sites (tertiary alicyclic amines) is 1. The van der Waals surface area contributed by atoms with Gasteiger partial charge in [-0.15, -0.1) is 0 Å². The Bertz CT molecular complexity index is 691. The zero-order chi connectivity index (χ0) is 18.6. The van der Waals surface area contributed by atoms with Crippen LogP contribution in [0.3, 0.4) is 0 Å². The van der Waals surface area contributed by atoms with Crippen molar-refractivity contribution in [2.75, 3.05) is 25.0 Å².